The quantitative estimate of drug-likeness (QED) is 0.742. The van der Waals surface area contributed by atoms with Crippen molar-refractivity contribution in [1.29, 1.82) is 0 Å². The van der Waals surface area contributed by atoms with Gasteiger partial charge in [-0.25, -0.2) is 19.3 Å². The number of hydrogen-bond acceptors (Lipinski definition) is 5. The van der Waals surface area contributed by atoms with Gasteiger partial charge in [0.05, 0.1) is 5.60 Å². The normalized spacial score (nSPS) is 11.6. The topological polar surface area (TPSA) is 89.9 Å². The molecule has 0 amide bonds. The summed E-state index contributed by atoms with van der Waals surface area (Å²) in [5, 5.41) is 9.86. The van der Waals surface area contributed by atoms with E-state index in [0.29, 0.717) is 41.2 Å². The molecule has 0 atom stereocenters. The minimum absolute atomic E-state index is 0. The van der Waals surface area contributed by atoms with Crippen LogP contribution in [0.4, 0.5) is 10.2 Å². The van der Waals surface area contributed by atoms with Gasteiger partial charge in [-0.2, -0.15) is 0 Å². The van der Waals surface area contributed by atoms with E-state index in [1.807, 2.05) is 7.05 Å². The molecule has 0 unspecified atom stereocenters. The molecular weight excluding hydrogens is 345 g/mol. The van der Waals surface area contributed by atoms with Gasteiger partial charge in [0.1, 0.15) is 17.5 Å². The van der Waals surface area contributed by atoms with Crippen LogP contribution in [0.15, 0.2) is 24.3 Å². The third kappa shape index (κ3) is 4.05. The summed E-state index contributed by atoms with van der Waals surface area (Å²) >= 11 is 0. The highest BCUT2D eigenvalue weighted by atomic mass is 35.5. The zero-order chi connectivity index (χ0) is 17.5. The third-order valence-corrected chi connectivity index (χ3v) is 3.84. The summed E-state index contributed by atoms with van der Waals surface area (Å²) in [5.74, 6) is 1.08. The summed E-state index contributed by atoms with van der Waals surface area (Å²) < 4.78 is 15.3. The van der Waals surface area contributed by atoms with Gasteiger partial charge in [-0.15, -0.1) is 12.4 Å². The van der Waals surface area contributed by atoms with Gasteiger partial charge in [0, 0.05) is 19.0 Å². The SMILES string of the molecule is Cl.Cn1c(-c2cccc(F)c2)nc2c(N)nc(CCC(C)(C)O)nc21. The molecule has 0 aliphatic carbocycles. The lowest BCUT2D eigenvalue weighted by Crippen LogP contribution is -2.20. The molecule has 2 heterocycles. The third-order valence-electron chi connectivity index (χ3n) is 3.84. The van der Waals surface area contributed by atoms with Crippen molar-refractivity contribution in [3.8, 4) is 11.4 Å². The fourth-order valence-electron chi connectivity index (χ4n) is 2.54. The number of fused-ring (bicyclic) bond motifs is 1. The van der Waals surface area contributed by atoms with Crippen LogP contribution in [0.1, 0.15) is 26.1 Å². The summed E-state index contributed by atoms with van der Waals surface area (Å²) in [5.41, 5.74) is 6.95. The predicted molar refractivity (Wildman–Crippen MR) is 98.0 cm³/mol. The highest BCUT2D eigenvalue weighted by Gasteiger charge is 2.18. The average molecular weight is 366 g/mol. The highest BCUT2D eigenvalue weighted by molar-refractivity contribution is 5.85. The van der Waals surface area contributed by atoms with Crippen molar-refractivity contribution in [3.63, 3.8) is 0 Å². The van der Waals surface area contributed by atoms with Crippen LogP contribution in [0.25, 0.3) is 22.6 Å². The Bertz CT molecular complexity index is 904. The van der Waals surface area contributed by atoms with Crippen molar-refractivity contribution < 1.29 is 9.50 Å². The van der Waals surface area contributed by atoms with Crippen molar-refractivity contribution in [2.24, 2.45) is 7.05 Å². The molecular formula is C17H21ClFN5O. The van der Waals surface area contributed by atoms with Crippen LogP contribution in [0.2, 0.25) is 0 Å². The van der Waals surface area contributed by atoms with E-state index in [0.717, 1.165) is 0 Å². The Morgan fingerprint density at radius 3 is 2.60 bits per heavy atom. The summed E-state index contributed by atoms with van der Waals surface area (Å²) in [6.07, 6.45) is 1.02. The Balaban J connectivity index is 0.00000225. The molecule has 134 valence electrons. The molecule has 0 aliphatic rings. The lowest BCUT2D eigenvalue weighted by Gasteiger charge is -2.15. The van der Waals surface area contributed by atoms with Crippen molar-refractivity contribution in [2.45, 2.75) is 32.3 Å². The molecule has 8 heteroatoms. The molecule has 3 rings (SSSR count). The first-order valence-electron chi connectivity index (χ1n) is 7.72. The Morgan fingerprint density at radius 2 is 1.96 bits per heavy atom. The zero-order valence-corrected chi connectivity index (χ0v) is 15.1. The van der Waals surface area contributed by atoms with E-state index in [4.69, 9.17) is 5.73 Å². The Hall–Kier alpha value is -2.25. The number of halogens is 2. The molecule has 0 bridgehead atoms. The maximum absolute atomic E-state index is 13.5. The molecule has 1 aromatic carbocycles. The number of aromatic nitrogens is 4. The number of aryl methyl sites for hydroxylation is 2. The monoisotopic (exact) mass is 365 g/mol. The van der Waals surface area contributed by atoms with Gasteiger partial charge in [-0.1, -0.05) is 12.1 Å². The zero-order valence-electron chi connectivity index (χ0n) is 14.3. The van der Waals surface area contributed by atoms with E-state index in [-0.39, 0.29) is 24.0 Å². The number of aliphatic hydroxyl groups is 1. The van der Waals surface area contributed by atoms with Crippen molar-refractivity contribution in [1.82, 2.24) is 19.5 Å². The molecule has 0 fully saturated rings. The highest BCUT2D eigenvalue weighted by Crippen LogP contribution is 2.26. The molecule has 0 saturated carbocycles. The van der Waals surface area contributed by atoms with Crippen molar-refractivity contribution in [2.75, 3.05) is 5.73 Å². The van der Waals surface area contributed by atoms with E-state index >= 15 is 0 Å². The maximum Gasteiger partial charge on any atom is 0.165 e. The number of anilines is 1. The van der Waals surface area contributed by atoms with Gasteiger partial charge < -0.3 is 15.4 Å². The average Bonchev–Trinajstić information content (AvgIpc) is 2.83. The fraction of sp³-hybridized carbons (Fsp3) is 0.353. The second-order valence-corrected chi connectivity index (χ2v) is 6.51. The van der Waals surface area contributed by atoms with Crippen LogP contribution >= 0.6 is 12.4 Å². The van der Waals surface area contributed by atoms with Crippen LogP contribution in [0, 0.1) is 5.82 Å². The Kier molecular flexibility index (Phi) is 5.29. The molecule has 25 heavy (non-hydrogen) atoms. The van der Waals surface area contributed by atoms with Crippen LogP contribution in [-0.4, -0.2) is 30.2 Å². The van der Waals surface area contributed by atoms with E-state index in [2.05, 4.69) is 15.0 Å². The maximum atomic E-state index is 13.5. The number of nitrogens with zero attached hydrogens (tertiary/aromatic N) is 4. The molecule has 0 radical (unpaired) electrons. The largest absolute Gasteiger partial charge is 0.390 e. The van der Waals surface area contributed by atoms with Crippen molar-refractivity contribution >= 4 is 29.4 Å². The first-order chi connectivity index (χ1) is 11.2. The Morgan fingerprint density at radius 1 is 1.24 bits per heavy atom. The first kappa shape index (κ1) is 19.1. The van der Waals surface area contributed by atoms with Crippen molar-refractivity contribution in [3.05, 3.63) is 35.9 Å². The van der Waals surface area contributed by atoms with Crippen LogP contribution in [0.3, 0.4) is 0 Å². The van der Waals surface area contributed by atoms with E-state index < -0.39 is 5.60 Å². The molecule has 0 saturated heterocycles. The first-order valence-corrected chi connectivity index (χ1v) is 7.72. The van der Waals surface area contributed by atoms with Crippen LogP contribution in [0.5, 0.6) is 0 Å². The fourth-order valence-corrected chi connectivity index (χ4v) is 2.54. The molecule has 3 N–H and O–H groups in total. The molecule has 6 nitrogen and oxygen atoms in total. The number of imidazole rings is 1. The van der Waals surface area contributed by atoms with E-state index in [1.165, 1.54) is 12.1 Å². The minimum Gasteiger partial charge on any atom is -0.390 e. The number of nitrogen functional groups attached to an aromatic ring is 1. The van der Waals surface area contributed by atoms with Gasteiger partial charge in [0.2, 0.25) is 0 Å². The van der Waals surface area contributed by atoms with Gasteiger partial charge >= 0.3 is 0 Å². The van der Waals surface area contributed by atoms with Gasteiger partial charge in [-0.3, -0.25) is 0 Å². The molecule has 2 aromatic heterocycles. The predicted octanol–water partition coefficient (Wildman–Crippen LogP) is 2.88. The summed E-state index contributed by atoms with van der Waals surface area (Å²) in [7, 11) is 1.81. The lowest BCUT2D eigenvalue weighted by molar-refractivity contribution is 0.0708. The Labute approximate surface area is 151 Å². The van der Waals surface area contributed by atoms with E-state index in [1.54, 1.807) is 30.5 Å². The lowest BCUT2D eigenvalue weighted by atomic mass is 10.0. The molecule has 3 aromatic rings. The molecule has 0 spiro atoms. The summed E-state index contributed by atoms with van der Waals surface area (Å²) in [6, 6.07) is 6.21. The summed E-state index contributed by atoms with van der Waals surface area (Å²) in [4.78, 5) is 13.3. The van der Waals surface area contributed by atoms with E-state index in [9.17, 15) is 9.50 Å². The number of rotatable bonds is 4. The molecule has 0 aliphatic heterocycles. The van der Waals surface area contributed by atoms with Gasteiger partial charge in [0.15, 0.2) is 17.0 Å². The second-order valence-electron chi connectivity index (χ2n) is 6.51. The smallest absolute Gasteiger partial charge is 0.165 e. The number of hydrogen-bond donors (Lipinski definition) is 2. The number of benzene rings is 1. The van der Waals surface area contributed by atoms with Crippen LogP contribution < -0.4 is 5.73 Å². The summed E-state index contributed by atoms with van der Waals surface area (Å²) in [6.45, 7) is 3.47. The van der Waals surface area contributed by atoms with Gasteiger partial charge in [-0.05, 0) is 32.4 Å². The minimum atomic E-state index is -0.799. The second kappa shape index (κ2) is 6.93. The number of nitrogens with two attached hydrogens (primary N) is 1. The van der Waals surface area contributed by atoms with Crippen LogP contribution in [-0.2, 0) is 13.5 Å². The van der Waals surface area contributed by atoms with Gasteiger partial charge in [0.25, 0.3) is 0 Å². The standard InChI is InChI=1S/C17H20FN5O.ClH/c1-17(2,24)8-7-12-20-14(19)13-16(21-12)23(3)15(22-13)10-5-4-6-11(18)9-10;/h4-6,9,24H,7-8H2,1-3H3,(H2,19,20,21);1H.